The summed E-state index contributed by atoms with van der Waals surface area (Å²) in [4.78, 5) is 15.0. The molecule has 2 aromatic carbocycles. The number of benzene rings is 2. The van der Waals surface area contributed by atoms with E-state index in [9.17, 15) is 4.79 Å². The Morgan fingerprint density at radius 2 is 1.79 bits per heavy atom. The van der Waals surface area contributed by atoms with Crippen LogP contribution in [0.25, 0.3) is 0 Å². The molecule has 4 atom stereocenters. The van der Waals surface area contributed by atoms with Gasteiger partial charge in [-0.25, -0.2) is 0 Å². The van der Waals surface area contributed by atoms with Gasteiger partial charge >= 0.3 is 0 Å². The van der Waals surface area contributed by atoms with Crippen molar-refractivity contribution in [3.8, 4) is 5.75 Å². The van der Waals surface area contributed by atoms with Gasteiger partial charge in [0.15, 0.2) is 0 Å². The van der Waals surface area contributed by atoms with Gasteiger partial charge in [0.1, 0.15) is 5.75 Å². The maximum atomic E-state index is 12.8. The number of fused-ring (bicyclic) bond motifs is 1. The third-order valence-corrected chi connectivity index (χ3v) is 6.81. The number of likely N-dealkylation sites (tertiary alicyclic amines) is 1. The average Bonchev–Trinajstić information content (AvgIpc) is 2.74. The molecule has 0 bridgehead atoms. The van der Waals surface area contributed by atoms with Crippen molar-refractivity contribution >= 4 is 5.91 Å². The number of ether oxygens (including phenoxy) is 1. The fraction of sp³-hybridized carbons (Fsp3) is 0.480. The van der Waals surface area contributed by atoms with E-state index in [0.717, 1.165) is 30.9 Å². The molecular formula is C25H31NO2. The van der Waals surface area contributed by atoms with Gasteiger partial charge in [0.05, 0.1) is 13.2 Å². The molecular weight excluding hydrogens is 346 g/mol. The largest absolute Gasteiger partial charge is 0.497 e. The van der Waals surface area contributed by atoms with E-state index in [1.807, 2.05) is 6.07 Å². The number of amides is 1. The van der Waals surface area contributed by atoms with Gasteiger partial charge < -0.3 is 9.64 Å². The molecule has 1 amide bonds. The van der Waals surface area contributed by atoms with Crippen LogP contribution < -0.4 is 4.74 Å². The maximum absolute atomic E-state index is 12.8. The lowest BCUT2D eigenvalue weighted by atomic mass is 9.71. The number of carbonyl (C=O) groups is 1. The van der Waals surface area contributed by atoms with Gasteiger partial charge in [0.25, 0.3) is 0 Å². The van der Waals surface area contributed by atoms with E-state index in [4.69, 9.17) is 4.74 Å². The lowest BCUT2D eigenvalue weighted by Gasteiger charge is -2.48. The van der Waals surface area contributed by atoms with Crippen molar-refractivity contribution in [3.63, 3.8) is 0 Å². The molecule has 1 heterocycles. The molecule has 1 aliphatic carbocycles. The number of piperidine rings is 1. The number of hydrogen-bond acceptors (Lipinski definition) is 2. The lowest BCUT2D eigenvalue weighted by Crippen LogP contribution is -2.51. The van der Waals surface area contributed by atoms with Crippen LogP contribution in [0.4, 0.5) is 0 Å². The molecule has 0 aromatic heterocycles. The third kappa shape index (κ3) is 3.94. The van der Waals surface area contributed by atoms with Gasteiger partial charge in [-0.2, -0.15) is 0 Å². The average molecular weight is 378 g/mol. The molecule has 3 nitrogen and oxygen atoms in total. The summed E-state index contributed by atoms with van der Waals surface area (Å²) in [5.41, 5.74) is 2.64. The van der Waals surface area contributed by atoms with Crippen molar-refractivity contribution in [3.05, 3.63) is 65.7 Å². The molecule has 1 saturated carbocycles. The van der Waals surface area contributed by atoms with Gasteiger partial charge in [0, 0.05) is 12.5 Å². The van der Waals surface area contributed by atoms with E-state index >= 15 is 0 Å². The Balaban J connectivity index is 1.44. The van der Waals surface area contributed by atoms with E-state index in [1.165, 1.54) is 24.0 Å². The Morgan fingerprint density at radius 3 is 2.50 bits per heavy atom. The first kappa shape index (κ1) is 19.0. The molecule has 4 rings (SSSR count). The highest BCUT2D eigenvalue weighted by atomic mass is 16.5. The number of nitrogens with zero attached hydrogens (tertiary/aromatic N) is 1. The molecule has 2 aromatic rings. The zero-order chi connectivity index (χ0) is 19.5. The molecule has 0 radical (unpaired) electrons. The van der Waals surface area contributed by atoms with Crippen molar-refractivity contribution in [2.75, 3.05) is 7.11 Å². The number of hydrogen-bond donors (Lipinski definition) is 0. The fourth-order valence-corrected chi connectivity index (χ4v) is 5.32. The van der Waals surface area contributed by atoms with Crippen LogP contribution in [0, 0.1) is 11.8 Å². The second-order valence-electron chi connectivity index (χ2n) is 8.49. The van der Waals surface area contributed by atoms with Crippen molar-refractivity contribution in [1.29, 1.82) is 0 Å². The summed E-state index contributed by atoms with van der Waals surface area (Å²) >= 11 is 0. The Morgan fingerprint density at radius 1 is 1.04 bits per heavy atom. The smallest absolute Gasteiger partial charge is 0.223 e. The summed E-state index contributed by atoms with van der Waals surface area (Å²) in [6, 6.07) is 19.6. The standard InChI is InChI=1S/C25H31NO2/c1-18(21-6-4-3-5-7-21)26-24-14-10-20(17-22(24)11-15-25(26)27)16-19-8-12-23(28-2)13-9-19/h3-9,12-13,18,20,22,24H,10-11,14-17H2,1-2H3/t18-,20-,22+,24-/m1/s1. The molecule has 2 aliphatic rings. The molecule has 28 heavy (non-hydrogen) atoms. The van der Waals surface area contributed by atoms with Crippen molar-refractivity contribution < 1.29 is 9.53 Å². The molecule has 0 unspecified atom stereocenters. The van der Waals surface area contributed by atoms with Crippen LogP contribution >= 0.6 is 0 Å². The number of methoxy groups -OCH3 is 1. The quantitative estimate of drug-likeness (QED) is 0.697. The highest BCUT2D eigenvalue weighted by Crippen LogP contribution is 2.42. The van der Waals surface area contributed by atoms with Gasteiger partial charge in [-0.3, -0.25) is 4.79 Å². The maximum Gasteiger partial charge on any atom is 0.223 e. The summed E-state index contributed by atoms with van der Waals surface area (Å²) in [6.07, 6.45) is 6.47. The molecule has 0 N–H and O–H groups in total. The van der Waals surface area contributed by atoms with Crippen LogP contribution in [0.2, 0.25) is 0 Å². The van der Waals surface area contributed by atoms with Crippen molar-refractivity contribution in [2.45, 2.75) is 57.5 Å². The van der Waals surface area contributed by atoms with Crippen LogP contribution in [0.3, 0.4) is 0 Å². The summed E-state index contributed by atoms with van der Waals surface area (Å²) in [5, 5.41) is 0. The van der Waals surface area contributed by atoms with E-state index in [-0.39, 0.29) is 6.04 Å². The monoisotopic (exact) mass is 377 g/mol. The first-order valence-electron chi connectivity index (χ1n) is 10.6. The summed E-state index contributed by atoms with van der Waals surface area (Å²) in [7, 11) is 1.71. The first-order valence-corrected chi connectivity index (χ1v) is 10.6. The van der Waals surface area contributed by atoms with Gasteiger partial charge in [0.2, 0.25) is 5.91 Å². The normalized spacial score (nSPS) is 25.9. The van der Waals surface area contributed by atoms with Gasteiger partial charge in [-0.1, -0.05) is 42.5 Å². The van der Waals surface area contributed by atoms with Crippen LogP contribution in [0.5, 0.6) is 5.75 Å². The van der Waals surface area contributed by atoms with E-state index in [2.05, 4.69) is 60.4 Å². The SMILES string of the molecule is COc1ccc(C[C@H]2CC[C@@H]3[C@@H](CCC(=O)N3[C@H](C)c3ccccc3)C2)cc1. The molecule has 1 aliphatic heterocycles. The molecule has 1 saturated heterocycles. The van der Waals surface area contributed by atoms with E-state index in [0.29, 0.717) is 24.3 Å². The van der Waals surface area contributed by atoms with Crippen LogP contribution in [-0.4, -0.2) is 24.0 Å². The predicted molar refractivity (Wildman–Crippen MR) is 112 cm³/mol. The minimum absolute atomic E-state index is 0.166. The third-order valence-electron chi connectivity index (χ3n) is 6.81. The highest BCUT2D eigenvalue weighted by Gasteiger charge is 2.41. The van der Waals surface area contributed by atoms with Crippen LogP contribution in [0.15, 0.2) is 54.6 Å². The minimum Gasteiger partial charge on any atom is -0.497 e. The minimum atomic E-state index is 0.166. The zero-order valence-corrected chi connectivity index (χ0v) is 17.0. The Bertz CT molecular complexity index is 786. The van der Waals surface area contributed by atoms with Crippen molar-refractivity contribution in [1.82, 2.24) is 4.90 Å². The van der Waals surface area contributed by atoms with Gasteiger partial charge in [-0.15, -0.1) is 0 Å². The van der Waals surface area contributed by atoms with Crippen LogP contribution in [0.1, 0.15) is 56.2 Å². The highest BCUT2D eigenvalue weighted by molar-refractivity contribution is 5.78. The second-order valence-corrected chi connectivity index (χ2v) is 8.49. The summed E-state index contributed by atoms with van der Waals surface area (Å²) < 4.78 is 5.27. The van der Waals surface area contributed by atoms with E-state index < -0.39 is 0 Å². The Labute approximate surface area is 168 Å². The number of carbonyl (C=O) groups excluding carboxylic acids is 1. The van der Waals surface area contributed by atoms with E-state index in [1.54, 1.807) is 7.11 Å². The lowest BCUT2D eigenvalue weighted by molar-refractivity contribution is -0.144. The second kappa shape index (κ2) is 8.38. The molecule has 3 heteroatoms. The predicted octanol–water partition coefficient (Wildman–Crippen LogP) is 5.41. The fourth-order valence-electron chi connectivity index (χ4n) is 5.32. The number of rotatable bonds is 5. The zero-order valence-electron chi connectivity index (χ0n) is 17.0. The molecule has 2 fully saturated rings. The topological polar surface area (TPSA) is 29.5 Å². The first-order chi connectivity index (χ1) is 13.7. The van der Waals surface area contributed by atoms with Crippen molar-refractivity contribution in [2.24, 2.45) is 11.8 Å². The Kier molecular flexibility index (Phi) is 5.70. The van der Waals surface area contributed by atoms with Crippen LogP contribution in [-0.2, 0) is 11.2 Å². The Hall–Kier alpha value is -2.29. The summed E-state index contributed by atoms with van der Waals surface area (Å²) in [5.74, 6) is 2.62. The van der Waals surface area contributed by atoms with Gasteiger partial charge in [-0.05, 0) is 74.1 Å². The molecule has 148 valence electrons. The molecule has 0 spiro atoms. The summed E-state index contributed by atoms with van der Waals surface area (Å²) in [6.45, 7) is 2.19.